The quantitative estimate of drug-likeness (QED) is 0.867. The van der Waals surface area contributed by atoms with Gasteiger partial charge in [0.15, 0.2) is 9.84 Å². The molecule has 2 rings (SSSR count). The number of hydrogen-bond donors (Lipinski definition) is 1. The second-order valence-electron chi connectivity index (χ2n) is 4.79. The number of benzene rings is 1. The highest BCUT2D eigenvalue weighted by molar-refractivity contribution is 7.91. The van der Waals surface area contributed by atoms with E-state index < -0.39 is 9.84 Å². The van der Waals surface area contributed by atoms with Crippen molar-refractivity contribution in [3.8, 4) is 0 Å². The van der Waals surface area contributed by atoms with E-state index >= 15 is 0 Å². The predicted octanol–water partition coefficient (Wildman–Crippen LogP) is 2.69. The average Bonchev–Trinajstić information content (AvgIpc) is 2.40. The third-order valence-electron chi connectivity index (χ3n) is 3.03. The van der Waals surface area contributed by atoms with E-state index in [4.69, 9.17) is 23.2 Å². The van der Waals surface area contributed by atoms with Gasteiger partial charge in [-0.1, -0.05) is 42.3 Å². The molecule has 1 aliphatic rings. The lowest BCUT2D eigenvalue weighted by molar-refractivity contribution is 0.518. The van der Waals surface area contributed by atoms with Crippen molar-refractivity contribution in [2.75, 3.05) is 18.1 Å². The Hall–Kier alpha value is -0.290. The van der Waals surface area contributed by atoms with Gasteiger partial charge in [0.05, 0.1) is 21.6 Å². The molecular weight excluding hydrogens is 293 g/mol. The topological polar surface area (TPSA) is 46.2 Å². The summed E-state index contributed by atoms with van der Waals surface area (Å²) in [4.78, 5) is 0. The third-order valence-corrected chi connectivity index (χ3v) is 5.78. The molecule has 0 bridgehead atoms. The monoisotopic (exact) mass is 307 g/mol. The van der Waals surface area contributed by atoms with Crippen LogP contribution in [0.3, 0.4) is 0 Å². The van der Waals surface area contributed by atoms with Crippen molar-refractivity contribution in [3.05, 3.63) is 33.8 Å². The molecule has 0 amide bonds. The zero-order chi connectivity index (χ0) is 13.3. The van der Waals surface area contributed by atoms with Gasteiger partial charge in [-0.15, -0.1) is 0 Å². The van der Waals surface area contributed by atoms with Gasteiger partial charge in [-0.25, -0.2) is 8.42 Å². The summed E-state index contributed by atoms with van der Waals surface area (Å²) in [5.74, 6) is 0.393. The standard InChI is InChI=1S/C12H15Cl2NO2S/c1-8-5-15-11(7-18(16,17)6-8)9-3-2-4-10(13)12(9)14/h2-4,8,11,15H,5-7H2,1H3. The molecule has 1 N–H and O–H groups in total. The van der Waals surface area contributed by atoms with Crippen molar-refractivity contribution in [3.63, 3.8) is 0 Å². The maximum Gasteiger partial charge on any atom is 0.152 e. The normalized spacial score (nSPS) is 27.7. The second kappa shape index (κ2) is 5.37. The lowest BCUT2D eigenvalue weighted by atomic mass is 10.1. The number of hydrogen-bond acceptors (Lipinski definition) is 3. The molecule has 1 aromatic rings. The van der Waals surface area contributed by atoms with Crippen molar-refractivity contribution in [1.82, 2.24) is 5.32 Å². The zero-order valence-electron chi connectivity index (χ0n) is 9.99. The molecule has 0 saturated carbocycles. The van der Waals surface area contributed by atoms with Crippen LogP contribution in [0.1, 0.15) is 18.5 Å². The average molecular weight is 308 g/mol. The number of halogens is 2. The van der Waals surface area contributed by atoms with E-state index in [1.165, 1.54) is 0 Å². The fourth-order valence-electron chi connectivity index (χ4n) is 2.21. The minimum Gasteiger partial charge on any atom is -0.309 e. The van der Waals surface area contributed by atoms with Gasteiger partial charge < -0.3 is 5.32 Å². The van der Waals surface area contributed by atoms with E-state index in [0.29, 0.717) is 16.6 Å². The van der Waals surface area contributed by atoms with Gasteiger partial charge in [0.1, 0.15) is 0 Å². The molecule has 6 heteroatoms. The van der Waals surface area contributed by atoms with Crippen molar-refractivity contribution in [2.24, 2.45) is 5.92 Å². The summed E-state index contributed by atoms with van der Waals surface area (Å²) in [6.45, 7) is 2.58. The first kappa shape index (κ1) is 14.1. The van der Waals surface area contributed by atoms with Gasteiger partial charge in [-0.2, -0.15) is 0 Å². The first-order valence-corrected chi connectivity index (χ1v) is 8.34. The Balaban J connectivity index is 2.35. The highest BCUT2D eigenvalue weighted by Gasteiger charge is 2.28. The Bertz CT molecular complexity index is 545. The zero-order valence-corrected chi connectivity index (χ0v) is 12.3. The van der Waals surface area contributed by atoms with Crippen LogP contribution in [0.25, 0.3) is 0 Å². The van der Waals surface area contributed by atoms with Crippen molar-refractivity contribution in [1.29, 1.82) is 0 Å². The molecule has 1 aliphatic heterocycles. The summed E-state index contributed by atoms with van der Waals surface area (Å²) in [6.07, 6.45) is 0. The summed E-state index contributed by atoms with van der Waals surface area (Å²) >= 11 is 12.1. The van der Waals surface area contributed by atoms with Gasteiger partial charge in [0, 0.05) is 6.04 Å². The van der Waals surface area contributed by atoms with E-state index in [1.807, 2.05) is 13.0 Å². The molecule has 3 nitrogen and oxygen atoms in total. The largest absolute Gasteiger partial charge is 0.309 e. The van der Waals surface area contributed by atoms with Crippen molar-refractivity contribution in [2.45, 2.75) is 13.0 Å². The molecule has 18 heavy (non-hydrogen) atoms. The molecule has 0 radical (unpaired) electrons. The van der Waals surface area contributed by atoms with Crippen LogP contribution < -0.4 is 5.32 Å². The Morgan fingerprint density at radius 3 is 2.72 bits per heavy atom. The van der Waals surface area contributed by atoms with Crippen molar-refractivity contribution >= 4 is 33.0 Å². The van der Waals surface area contributed by atoms with Crippen LogP contribution in [0.15, 0.2) is 18.2 Å². The number of nitrogens with one attached hydrogen (secondary N) is 1. The maximum absolute atomic E-state index is 11.9. The minimum atomic E-state index is -3.06. The highest BCUT2D eigenvalue weighted by atomic mass is 35.5. The smallest absolute Gasteiger partial charge is 0.152 e. The van der Waals surface area contributed by atoms with Crippen LogP contribution in [0.2, 0.25) is 10.0 Å². The van der Waals surface area contributed by atoms with Crippen LogP contribution >= 0.6 is 23.2 Å². The predicted molar refractivity (Wildman–Crippen MR) is 75.0 cm³/mol. The second-order valence-corrected chi connectivity index (χ2v) is 7.72. The molecule has 0 spiro atoms. The number of sulfone groups is 1. The summed E-state index contributed by atoms with van der Waals surface area (Å²) in [5, 5.41) is 4.13. The lowest BCUT2D eigenvalue weighted by Crippen LogP contribution is -2.26. The molecule has 1 aromatic carbocycles. The maximum atomic E-state index is 11.9. The SMILES string of the molecule is CC1CNC(c2cccc(Cl)c2Cl)CS(=O)(=O)C1. The molecular formula is C12H15Cl2NO2S. The summed E-state index contributed by atoms with van der Waals surface area (Å²) < 4.78 is 23.9. The Kier molecular flexibility index (Phi) is 4.22. The molecule has 0 aliphatic carbocycles. The van der Waals surface area contributed by atoms with Gasteiger partial charge >= 0.3 is 0 Å². The molecule has 2 unspecified atom stereocenters. The molecule has 2 atom stereocenters. The molecule has 1 fully saturated rings. The van der Waals surface area contributed by atoms with Crippen LogP contribution in [0, 0.1) is 5.92 Å². The van der Waals surface area contributed by atoms with E-state index in [0.717, 1.165) is 5.56 Å². The van der Waals surface area contributed by atoms with Crippen LogP contribution in [0.4, 0.5) is 0 Å². The number of rotatable bonds is 1. The van der Waals surface area contributed by atoms with E-state index in [2.05, 4.69) is 5.32 Å². The fourth-order valence-corrected chi connectivity index (χ4v) is 4.57. The first-order chi connectivity index (χ1) is 8.39. The molecule has 1 saturated heterocycles. The molecule has 1 heterocycles. The van der Waals surface area contributed by atoms with Crippen LogP contribution in [-0.4, -0.2) is 26.5 Å². The van der Waals surface area contributed by atoms with E-state index in [9.17, 15) is 8.42 Å². The highest BCUT2D eigenvalue weighted by Crippen LogP contribution is 2.31. The van der Waals surface area contributed by atoms with Gasteiger partial charge in [0.2, 0.25) is 0 Å². The van der Waals surface area contributed by atoms with E-state index in [-0.39, 0.29) is 23.5 Å². The van der Waals surface area contributed by atoms with Gasteiger partial charge in [-0.05, 0) is 24.1 Å². The summed E-state index contributed by atoms with van der Waals surface area (Å²) in [5.41, 5.74) is 0.752. The van der Waals surface area contributed by atoms with Crippen LogP contribution in [0.5, 0.6) is 0 Å². The first-order valence-electron chi connectivity index (χ1n) is 5.77. The summed E-state index contributed by atoms with van der Waals surface area (Å²) in [6, 6.07) is 5.01. The van der Waals surface area contributed by atoms with Crippen molar-refractivity contribution < 1.29 is 8.42 Å². The fraction of sp³-hybridized carbons (Fsp3) is 0.500. The van der Waals surface area contributed by atoms with Crippen LogP contribution in [-0.2, 0) is 9.84 Å². The third kappa shape index (κ3) is 3.18. The Morgan fingerprint density at radius 2 is 2.00 bits per heavy atom. The Labute approximate surface area is 117 Å². The van der Waals surface area contributed by atoms with Gasteiger partial charge in [-0.3, -0.25) is 0 Å². The summed E-state index contributed by atoms with van der Waals surface area (Å²) in [7, 11) is -3.06. The molecule has 100 valence electrons. The lowest BCUT2D eigenvalue weighted by Gasteiger charge is -2.18. The minimum absolute atomic E-state index is 0.0669. The Morgan fingerprint density at radius 1 is 1.28 bits per heavy atom. The van der Waals surface area contributed by atoms with E-state index in [1.54, 1.807) is 12.1 Å². The van der Waals surface area contributed by atoms with Gasteiger partial charge in [0.25, 0.3) is 0 Å². The molecule has 0 aromatic heterocycles.